The Labute approximate surface area is 337 Å². The van der Waals surface area contributed by atoms with Crippen LogP contribution in [-0.2, 0) is 5.41 Å². The van der Waals surface area contributed by atoms with Gasteiger partial charge in [-0.25, -0.2) is 4.98 Å². The van der Waals surface area contributed by atoms with Crippen LogP contribution in [0.15, 0.2) is 194 Å². The molecule has 2 aromatic heterocycles. The summed E-state index contributed by atoms with van der Waals surface area (Å²) in [5.74, 6) is 0. The fraction of sp³-hybridized carbons (Fsp3) is 0.0536. The molecule has 272 valence electrons. The van der Waals surface area contributed by atoms with E-state index in [1.807, 2.05) is 0 Å². The molecule has 12 rings (SSSR count). The number of nitrogens with zero attached hydrogens (tertiary/aromatic N) is 2. The first-order valence-corrected chi connectivity index (χ1v) is 20.2. The Balaban J connectivity index is 1.05. The lowest BCUT2D eigenvalue weighted by Crippen LogP contribution is -2.14. The van der Waals surface area contributed by atoms with Crippen molar-refractivity contribution in [2.24, 2.45) is 0 Å². The molecule has 0 atom stereocenters. The van der Waals surface area contributed by atoms with Crippen LogP contribution in [0, 0.1) is 0 Å². The van der Waals surface area contributed by atoms with Crippen molar-refractivity contribution in [1.29, 1.82) is 0 Å². The van der Waals surface area contributed by atoms with Gasteiger partial charge in [-0.3, -0.25) is 0 Å². The minimum absolute atomic E-state index is 0.0223. The summed E-state index contributed by atoms with van der Waals surface area (Å²) in [6.45, 7) is 4.69. The van der Waals surface area contributed by atoms with Gasteiger partial charge in [0, 0.05) is 38.2 Å². The van der Waals surface area contributed by atoms with Crippen LogP contribution in [0.5, 0.6) is 0 Å². The maximum Gasteiger partial charge on any atom is 0.0794 e. The summed E-state index contributed by atoms with van der Waals surface area (Å²) < 4.78 is 2.42. The lowest BCUT2D eigenvalue weighted by Gasteiger charge is -2.21. The van der Waals surface area contributed by atoms with Crippen LogP contribution in [0.4, 0.5) is 0 Å². The largest absolute Gasteiger partial charge is 0.309 e. The average Bonchev–Trinajstić information content (AvgIpc) is 3.74. The molecular formula is C56H38N2. The molecule has 0 fully saturated rings. The van der Waals surface area contributed by atoms with Crippen molar-refractivity contribution in [2.75, 3.05) is 0 Å². The molecule has 0 aliphatic heterocycles. The van der Waals surface area contributed by atoms with Crippen molar-refractivity contribution < 1.29 is 0 Å². The quantitative estimate of drug-likeness (QED) is 0.164. The topological polar surface area (TPSA) is 17.8 Å². The number of pyridine rings is 1. The predicted molar refractivity (Wildman–Crippen MR) is 245 cm³/mol. The maximum absolute atomic E-state index is 5.40. The van der Waals surface area contributed by atoms with Gasteiger partial charge in [0.1, 0.15) is 0 Å². The third-order valence-electron chi connectivity index (χ3n) is 12.8. The Morgan fingerprint density at radius 3 is 1.83 bits per heavy atom. The number of hydrogen-bond donors (Lipinski definition) is 0. The van der Waals surface area contributed by atoms with E-state index in [1.165, 1.54) is 93.2 Å². The molecule has 2 heteroatoms. The molecule has 0 radical (unpaired) electrons. The van der Waals surface area contributed by atoms with Crippen molar-refractivity contribution >= 4 is 54.3 Å². The summed E-state index contributed by atoms with van der Waals surface area (Å²) in [6.07, 6.45) is 0. The molecule has 58 heavy (non-hydrogen) atoms. The second-order valence-corrected chi connectivity index (χ2v) is 16.3. The highest BCUT2D eigenvalue weighted by atomic mass is 15.0. The summed E-state index contributed by atoms with van der Waals surface area (Å²) in [5, 5.41) is 8.58. The first-order chi connectivity index (χ1) is 28.5. The van der Waals surface area contributed by atoms with Crippen molar-refractivity contribution in [2.45, 2.75) is 19.3 Å². The second kappa shape index (κ2) is 12.4. The van der Waals surface area contributed by atoms with Crippen LogP contribution in [-0.4, -0.2) is 9.55 Å². The summed E-state index contributed by atoms with van der Waals surface area (Å²) >= 11 is 0. The zero-order chi connectivity index (χ0) is 38.5. The number of rotatable bonds is 4. The lowest BCUT2D eigenvalue weighted by atomic mass is 9.82. The predicted octanol–water partition coefficient (Wildman–Crippen LogP) is 14.9. The molecule has 0 amide bonds. The Hall–Kier alpha value is -7.29. The molecule has 0 bridgehead atoms. The SMILES string of the molecule is CC1(C)c2ccccc2-c2cc(-c3ccc4c(c3)c3c(-c5cccc(-c6ccc7c8ccccc8c8ccccc8c7n6)c5)cccc3n4-c3ccccc3)ccc21. The third kappa shape index (κ3) is 4.75. The third-order valence-corrected chi connectivity index (χ3v) is 12.8. The van der Waals surface area contributed by atoms with Gasteiger partial charge in [-0.2, -0.15) is 0 Å². The maximum atomic E-state index is 5.40. The summed E-state index contributed by atoms with van der Waals surface area (Å²) in [7, 11) is 0. The Morgan fingerprint density at radius 1 is 0.379 bits per heavy atom. The molecule has 1 aliphatic carbocycles. The van der Waals surface area contributed by atoms with E-state index in [2.05, 4.69) is 213 Å². The van der Waals surface area contributed by atoms with Crippen LogP contribution in [0.2, 0.25) is 0 Å². The van der Waals surface area contributed by atoms with Crippen LogP contribution in [0.3, 0.4) is 0 Å². The summed E-state index contributed by atoms with van der Waals surface area (Å²) in [5.41, 5.74) is 16.9. The van der Waals surface area contributed by atoms with E-state index in [-0.39, 0.29) is 5.41 Å². The van der Waals surface area contributed by atoms with Gasteiger partial charge in [0.25, 0.3) is 0 Å². The summed E-state index contributed by atoms with van der Waals surface area (Å²) in [4.78, 5) is 5.40. The van der Waals surface area contributed by atoms with Crippen LogP contribution in [0.1, 0.15) is 25.0 Å². The Kier molecular flexibility index (Phi) is 7.01. The minimum atomic E-state index is -0.0223. The van der Waals surface area contributed by atoms with Gasteiger partial charge in [-0.05, 0) is 115 Å². The highest BCUT2D eigenvalue weighted by Crippen LogP contribution is 2.50. The van der Waals surface area contributed by atoms with E-state index in [0.29, 0.717) is 0 Å². The number of benzene rings is 9. The number of para-hydroxylation sites is 1. The van der Waals surface area contributed by atoms with Crippen LogP contribution >= 0.6 is 0 Å². The first kappa shape index (κ1) is 32.9. The Bertz CT molecular complexity index is 3440. The van der Waals surface area contributed by atoms with Gasteiger partial charge >= 0.3 is 0 Å². The standard InChI is InChI=1S/C56H38N2/c1-56(2)49-24-11-10-21-44(49)47-33-35(26-29-50(47)56)36-27-31-52-48(34-36)54-40(23-13-25-53(54)58(52)39-16-4-3-5-17-39)37-14-12-15-38(32-37)51-30-28-46-43-20-7-6-18-41(43)42-19-8-9-22-45(42)55(46)57-51/h3-34H,1-2H3. The van der Waals surface area contributed by atoms with Crippen molar-refractivity contribution in [3.63, 3.8) is 0 Å². The fourth-order valence-electron chi connectivity index (χ4n) is 10.0. The normalized spacial score (nSPS) is 13.1. The monoisotopic (exact) mass is 738 g/mol. The molecule has 2 nitrogen and oxygen atoms in total. The highest BCUT2D eigenvalue weighted by molar-refractivity contribution is 6.24. The van der Waals surface area contributed by atoms with E-state index in [1.54, 1.807) is 0 Å². The molecule has 2 heterocycles. The molecule has 0 spiro atoms. The zero-order valence-electron chi connectivity index (χ0n) is 32.4. The van der Waals surface area contributed by atoms with Crippen LogP contribution in [0.25, 0.3) is 105 Å². The fourth-order valence-corrected chi connectivity index (χ4v) is 10.0. The lowest BCUT2D eigenvalue weighted by molar-refractivity contribution is 0.660. The van der Waals surface area contributed by atoms with Gasteiger partial charge in [0.05, 0.1) is 22.2 Å². The summed E-state index contributed by atoms with van der Waals surface area (Å²) in [6, 6.07) is 71.2. The van der Waals surface area contributed by atoms with Gasteiger partial charge in [-0.15, -0.1) is 0 Å². The minimum Gasteiger partial charge on any atom is -0.309 e. The number of fused-ring (bicyclic) bond motifs is 12. The van der Waals surface area contributed by atoms with E-state index in [4.69, 9.17) is 4.98 Å². The number of hydrogen-bond acceptors (Lipinski definition) is 1. The van der Waals surface area contributed by atoms with Crippen LogP contribution < -0.4 is 0 Å². The highest BCUT2D eigenvalue weighted by Gasteiger charge is 2.35. The van der Waals surface area contributed by atoms with E-state index >= 15 is 0 Å². The van der Waals surface area contributed by atoms with Gasteiger partial charge in [-0.1, -0.05) is 153 Å². The molecular weight excluding hydrogens is 701 g/mol. The van der Waals surface area contributed by atoms with Gasteiger partial charge < -0.3 is 4.57 Å². The Morgan fingerprint density at radius 2 is 1.00 bits per heavy atom. The molecule has 0 saturated carbocycles. The average molecular weight is 739 g/mol. The van der Waals surface area contributed by atoms with Crippen molar-refractivity contribution in [3.8, 4) is 50.3 Å². The first-order valence-electron chi connectivity index (χ1n) is 20.2. The zero-order valence-corrected chi connectivity index (χ0v) is 32.4. The number of aromatic nitrogens is 2. The van der Waals surface area contributed by atoms with E-state index < -0.39 is 0 Å². The van der Waals surface area contributed by atoms with Gasteiger partial charge in [0.15, 0.2) is 0 Å². The smallest absolute Gasteiger partial charge is 0.0794 e. The van der Waals surface area contributed by atoms with E-state index in [0.717, 1.165) is 22.5 Å². The second-order valence-electron chi connectivity index (χ2n) is 16.3. The van der Waals surface area contributed by atoms with Crippen molar-refractivity contribution in [3.05, 3.63) is 205 Å². The van der Waals surface area contributed by atoms with Crippen molar-refractivity contribution in [1.82, 2.24) is 9.55 Å². The van der Waals surface area contributed by atoms with Gasteiger partial charge in [0.2, 0.25) is 0 Å². The molecule has 1 aliphatic rings. The molecule has 0 unspecified atom stereocenters. The molecule has 0 N–H and O–H groups in total. The molecule has 11 aromatic rings. The van der Waals surface area contributed by atoms with E-state index in [9.17, 15) is 0 Å². The molecule has 0 saturated heterocycles. The molecule has 9 aromatic carbocycles.